The van der Waals surface area contributed by atoms with Crippen LogP contribution in [0.4, 0.5) is 0 Å². The first kappa shape index (κ1) is 12.2. The van der Waals surface area contributed by atoms with Gasteiger partial charge in [-0.3, -0.25) is 0 Å². The zero-order valence-electron chi connectivity index (χ0n) is 10.3. The number of aliphatic hydroxyl groups excluding tert-OH is 1. The van der Waals surface area contributed by atoms with Gasteiger partial charge in [-0.05, 0) is 24.1 Å². The summed E-state index contributed by atoms with van der Waals surface area (Å²) in [5.41, 5.74) is 0.919. The average molecular weight is 236 g/mol. The van der Waals surface area contributed by atoms with Gasteiger partial charge in [0.15, 0.2) is 11.5 Å². The first-order valence-electron chi connectivity index (χ1n) is 6.39. The van der Waals surface area contributed by atoms with Gasteiger partial charge < -0.3 is 14.6 Å². The zero-order chi connectivity index (χ0) is 12.1. The molecule has 1 unspecified atom stereocenters. The Morgan fingerprint density at radius 1 is 1.24 bits per heavy atom. The van der Waals surface area contributed by atoms with Crippen molar-refractivity contribution in [1.29, 1.82) is 0 Å². The van der Waals surface area contributed by atoms with Crippen molar-refractivity contribution >= 4 is 0 Å². The number of aliphatic hydroxyl groups is 1. The quantitative estimate of drug-likeness (QED) is 0.873. The van der Waals surface area contributed by atoms with E-state index in [-0.39, 0.29) is 0 Å². The van der Waals surface area contributed by atoms with Gasteiger partial charge in [0.1, 0.15) is 0 Å². The minimum absolute atomic E-state index is 0.396. The number of benzene rings is 1. The van der Waals surface area contributed by atoms with Crippen LogP contribution in [0.3, 0.4) is 0 Å². The smallest absolute Gasteiger partial charge is 0.161 e. The summed E-state index contributed by atoms with van der Waals surface area (Å²) in [5.74, 6) is 1.55. The summed E-state index contributed by atoms with van der Waals surface area (Å²) in [4.78, 5) is 0. The number of rotatable bonds is 4. The van der Waals surface area contributed by atoms with Crippen LogP contribution in [-0.2, 0) is 0 Å². The molecule has 1 heterocycles. The molecule has 1 aromatic carbocycles. The van der Waals surface area contributed by atoms with Crippen LogP contribution >= 0.6 is 0 Å². The molecule has 3 heteroatoms. The molecular weight excluding hydrogens is 216 g/mol. The van der Waals surface area contributed by atoms with E-state index in [1.54, 1.807) is 0 Å². The van der Waals surface area contributed by atoms with Gasteiger partial charge in [-0.15, -0.1) is 0 Å². The summed E-state index contributed by atoms with van der Waals surface area (Å²) in [6.45, 7) is 3.51. The Morgan fingerprint density at radius 3 is 2.76 bits per heavy atom. The molecule has 0 aromatic heterocycles. The van der Waals surface area contributed by atoms with Gasteiger partial charge in [0, 0.05) is 6.42 Å². The molecule has 0 radical (unpaired) electrons. The van der Waals surface area contributed by atoms with Crippen LogP contribution in [0.25, 0.3) is 0 Å². The first-order chi connectivity index (χ1) is 8.31. The number of unbranched alkanes of at least 4 members (excludes halogenated alkanes) is 1. The van der Waals surface area contributed by atoms with Crippen molar-refractivity contribution in [2.45, 2.75) is 38.7 Å². The third-order valence-corrected chi connectivity index (χ3v) is 2.99. The van der Waals surface area contributed by atoms with Gasteiger partial charge in [-0.25, -0.2) is 0 Å². The van der Waals surface area contributed by atoms with Crippen molar-refractivity contribution in [1.82, 2.24) is 0 Å². The zero-order valence-corrected chi connectivity index (χ0v) is 10.3. The van der Waals surface area contributed by atoms with Crippen molar-refractivity contribution in [3.05, 3.63) is 23.8 Å². The lowest BCUT2D eigenvalue weighted by atomic mass is 10.0. The van der Waals surface area contributed by atoms with E-state index in [0.717, 1.165) is 42.7 Å². The molecule has 1 aliphatic rings. The van der Waals surface area contributed by atoms with Crippen molar-refractivity contribution in [2.24, 2.45) is 0 Å². The van der Waals surface area contributed by atoms with E-state index in [9.17, 15) is 5.11 Å². The Morgan fingerprint density at radius 2 is 2.00 bits per heavy atom. The Kier molecular flexibility index (Phi) is 4.26. The maximum Gasteiger partial charge on any atom is 0.161 e. The van der Waals surface area contributed by atoms with E-state index < -0.39 is 6.10 Å². The van der Waals surface area contributed by atoms with E-state index >= 15 is 0 Å². The molecule has 0 saturated heterocycles. The van der Waals surface area contributed by atoms with Crippen molar-refractivity contribution in [3.63, 3.8) is 0 Å². The lowest BCUT2D eigenvalue weighted by Gasteiger charge is -2.13. The summed E-state index contributed by atoms with van der Waals surface area (Å²) < 4.78 is 11.2. The standard InChI is InChI=1S/C14H20O3/c1-2-3-5-12(15)11-6-7-13-14(10-11)17-9-4-8-16-13/h6-7,10,12,15H,2-5,8-9H2,1H3. The largest absolute Gasteiger partial charge is 0.490 e. The molecular formula is C14H20O3. The predicted molar refractivity (Wildman–Crippen MR) is 66.5 cm³/mol. The highest BCUT2D eigenvalue weighted by atomic mass is 16.5. The predicted octanol–water partition coefficient (Wildman–Crippen LogP) is 3.07. The van der Waals surface area contributed by atoms with Crippen molar-refractivity contribution in [3.8, 4) is 11.5 Å². The summed E-state index contributed by atoms with van der Waals surface area (Å²) >= 11 is 0. The van der Waals surface area contributed by atoms with Gasteiger partial charge in [-0.1, -0.05) is 25.8 Å². The van der Waals surface area contributed by atoms with Crippen LogP contribution in [0, 0.1) is 0 Å². The molecule has 0 amide bonds. The SMILES string of the molecule is CCCCC(O)c1ccc2c(c1)OCCCO2. The van der Waals surface area contributed by atoms with E-state index in [4.69, 9.17) is 9.47 Å². The van der Waals surface area contributed by atoms with Crippen LogP contribution in [0.5, 0.6) is 11.5 Å². The third-order valence-electron chi connectivity index (χ3n) is 2.99. The second kappa shape index (κ2) is 5.92. The second-order valence-corrected chi connectivity index (χ2v) is 4.41. The highest BCUT2D eigenvalue weighted by Crippen LogP contribution is 2.33. The molecule has 0 saturated carbocycles. The number of fused-ring (bicyclic) bond motifs is 1. The first-order valence-corrected chi connectivity index (χ1v) is 6.39. The summed E-state index contributed by atoms with van der Waals surface area (Å²) in [6.07, 6.45) is 3.45. The Labute approximate surface area is 102 Å². The van der Waals surface area contributed by atoms with Crippen molar-refractivity contribution in [2.75, 3.05) is 13.2 Å². The second-order valence-electron chi connectivity index (χ2n) is 4.41. The fourth-order valence-corrected chi connectivity index (χ4v) is 1.95. The third kappa shape index (κ3) is 3.13. The van der Waals surface area contributed by atoms with Crippen LogP contribution in [0.1, 0.15) is 44.3 Å². The number of ether oxygens (including phenoxy) is 2. The minimum Gasteiger partial charge on any atom is -0.490 e. The topological polar surface area (TPSA) is 38.7 Å². The van der Waals surface area contributed by atoms with Gasteiger partial charge in [-0.2, -0.15) is 0 Å². The van der Waals surface area contributed by atoms with E-state index in [2.05, 4.69) is 6.92 Å². The fraction of sp³-hybridized carbons (Fsp3) is 0.571. The van der Waals surface area contributed by atoms with Crippen LogP contribution < -0.4 is 9.47 Å². The minimum atomic E-state index is -0.396. The summed E-state index contributed by atoms with van der Waals surface area (Å²) in [5, 5.41) is 10.0. The summed E-state index contributed by atoms with van der Waals surface area (Å²) in [6, 6.07) is 5.72. The molecule has 0 fully saturated rings. The Hall–Kier alpha value is -1.22. The van der Waals surface area contributed by atoms with Crippen molar-refractivity contribution < 1.29 is 14.6 Å². The van der Waals surface area contributed by atoms with E-state index in [1.165, 1.54) is 0 Å². The molecule has 1 aromatic rings. The highest BCUT2D eigenvalue weighted by Gasteiger charge is 2.14. The molecule has 17 heavy (non-hydrogen) atoms. The lowest BCUT2D eigenvalue weighted by Crippen LogP contribution is -1.99. The maximum atomic E-state index is 10.0. The van der Waals surface area contributed by atoms with Gasteiger partial charge in [0.05, 0.1) is 19.3 Å². The Bertz CT molecular complexity index is 362. The van der Waals surface area contributed by atoms with Gasteiger partial charge in [0.25, 0.3) is 0 Å². The Balaban J connectivity index is 2.11. The number of hydrogen-bond donors (Lipinski definition) is 1. The average Bonchev–Trinajstić information content (AvgIpc) is 2.60. The molecule has 3 nitrogen and oxygen atoms in total. The van der Waals surface area contributed by atoms with Gasteiger partial charge in [0.2, 0.25) is 0 Å². The van der Waals surface area contributed by atoms with Crippen LogP contribution in [-0.4, -0.2) is 18.3 Å². The molecule has 0 aliphatic carbocycles. The lowest BCUT2D eigenvalue weighted by molar-refractivity contribution is 0.163. The van der Waals surface area contributed by atoms with E-state index in [0.29, 0.717) is 13.2 Å². The monoisotopic (exact) mass is 236 g/mol. The van der Waals surface area contributed by atoms with E-state index in [1.807, 2.05) is 18.2 Å². The normalized spacial score (nSPS) is 16.4. The highest BCUT2D eigenvalue weighted by molar-refractivity contribution is 5.44. The number of hydrogen-bond acceptors (Lipinski definition) is 3. The van der Waals surface area contributed by atoms with Gasteiger partial charge >= 0.3 is 0 Å². The molecule has 1 aliphatic heterocycles. The molecule has 1 atom stereocenters. The molecule has 1 N–H and O–H groups in total. The molecule has 0 spiro atoms. The fourth-order valence-electron chi connectivity index (χ4n) is 1.95. The molecule has 0 bridgehead atoms. The molecule has 2 rings (SSSR count). The van der Waals surface area contributed by atoms with Crippen LogP contribution in [0.2, 0.25) is 0 Å². The maximum absolute atomic E-state index is 10.0. The summed E-state index contributed by atoms with van der Waals surface area (Å²) in [7, 11) is 0. The molecule has 94 valence electrons. The van der Waals surface area contributed by atoms with Crippen LogP contribution in [0.15, 0.2) is 18.2 Å².